The van der Waals surface area contributed by atoms with E-state index in [2.05, 4.69) is 20.8 Å². The number of hydrogen-bond donors (Lipinski definition) is 3. The molecule has 12 heteroatoms. The van der Waals surface area contributed by atoms with Gasteiger partial charge in [-0.2, -0.15) is 0 Å². The number of rotatable bonds is 13. The van der Waals surface area contributed by atoms with Crippen molar-refractivity contribution < 1.29 is 29.3 Å². The molecule has 0 radical (unpaired) electrons. The van der Waals surface area contributed by atoms with Crippen molar-refractivity contribution >= 4 is 23.6 Å². The molecule has 0 aliphatic carbocycles. The van der Waals surface area contributed by atoms with Crippen LogP contribution in [0.3, 0.4) is 0 Å². The fourth-order valence-electron chi connectivity index (χ4n) is 4.18. The molecule has 3 aromatic rings. The summed E-state index contributed by atoms with van der Waals surface area (Å²) >= 11 is 1.52. The van der Waals surface area contributed by atoms with Gasteiger partial charge in [-0.25, -0.2) is 4.68 Å². The zero-order chi connectivity index (χ0) is 27.6. The quantitative estimate of drug-likeness (QED) is 0.212. The maximum absolute atomic E-state index is 12.1. The fraction of sp³-hybridized carbons (Fsp3) is 0.444. The summed E-state index contributed by atoms with van der Waals surface area (Å²) < 4.78 is 14.4. The molecule has 39 heavy (non-hydrogen) atoms. The Morgan fingerprint density at radius 3 is 2.38 bits per heavy atom. The number of carbonyl (C=O) groups is 2. The van der Waals surface area contributed by atoms with Gasteiger partial charge in [-0.3, -0.25) is 9.59 Å². The number of tetrazole rings is 1. The van der Waals surface area contributed by atoms with E-state index in [0.29, 0.717) is 43.1 Å². The van der Waals surface area contributed by atoms with Gasteiger partial charge in [0.1, 0.15) is 0 Å². The molecule has 1 aliphatic heterocycles. The minimum Gasteiger partial charge on any atom is -0.481 e. The highest BCUT2D eigenvalue weighted by atomic mass is 32.2. The Bertz CT molecular complexity index is 1220. The maximum Gasteiger partial charge on any atom is 0.303 e. The van der Waals surface area contributed by atoms with Crippen LogP contribution in [0.2, 0.25) is 0 Å². The van der Waals surface area contributed by atoms with Crippen LogP contribution in [0.15, 0.2) is 53.7 Å². The molecule has 11 nitrogen and oxygen atoms in total. The number of aryl methyl sites for hydroxylation is 1. The Labute approximate surface area is 230 Å². The molecule has 0 spiro atoms. The first-order valence-electron chi connectivity index (χ1n) is 12.8. The summed E-state index contributed by atoms with van der Waals surface area (Å²) in [6.07, 6.45) is 1.18. The number of aromatic nitrogens is 4. The number of aliphatic carboxylic acids is 1. The number of nitrogens with one attached hydrogen (secondary N) is 1. The van der Waals surface area contributed by atoms with Crippen LogP contribution in [0, 0.1) is 0 Å². The van der Waals surface area contributed by atoms with Gasteiger partial charge in [-0.05, 0) is 40.0 Å². The van der Waals surface area contributed by atoms with Crippen LogP contribution in [0.4, 0.5) is 0 Å². The van der Waals surface area contributed by atoms with Crippen molar-refractivity contribution in [1.82, 2.24) is 25.5 Å². The second-order valence-corrected chi connectivity index (χ2v) is 10.4. The smallest absolute Gasteiger partial charge is 0.303 e. The number of aliphatic hydroxyl groups excluding tert-OH is 1. The Morgan fingerprint density at radius 1 is 1.03 bits per heavy atom. The lowest BCUT2D eigenvalue weighted by molar-refractivity contribution is -0.245. The predicted molar refractivity (Wildman–Crippen MR) is 142 cm³/mol. The molecule has 1 amide bonds. The van der Waals surface area contributed by atoms with Gasteiger partial charge >= 0.3 is 5.97 Å². The lowest BCUT2D eigenvalue weighted by atomic mass is 10.0. The van der Waals surface area contributed by atoms with E-state index in [1.165, 1.54) is 11.8 Å². The summed E-state index contributed by atoms with van der Waals surface area (Å²) in [4.78, 5) is 22.6. The predicted octanol–water partition coefficient (Wildman–Crippen LogP) is 3.30. The molecule has 1 aliphatic rings. The lowest BCUT2D eigenvalue weighted by Crippen LogP contribution is -2.31. The van der Waals surface area contributed by atoms with Crippen LogP contribution in [-0.4, -0.2) is 54.2 Å². The number of carbonyl (C=O) groups excluding carboxylic acids is 1. The molecule has 0 bridgehead atoms. The Balaban J connectivity index is 1.38. The van der Waals surface area contributed by atoms with Crippen molar-refractivity contribution in [2.45, 2.75) is 68.9 Å². The van der Waals surface area contributed by atoms with E-state index in [1.54, 1.807) is 11.7 Å². The molecular weight excluding hydrogens is 522 g/mol. The second kappa shape index (κ2) is 14.2. The second-order valence-electron chi connectivity index (χ2n) is 9.37. The van der Waals surface area contributed by atoms with Crippen LogP contribution in [0.1, 0.15) is 66.8 Å². The monoisotopic (exact) mass is 555 g/mol. The number of hydrogen-bond acceptors (Lipinski definition) is 9. The number of amides is 1. The third-order valence-electron chi connectivity index (χ3n) is 6.38. The summed E-state index contributed by atoms with van der Waals surface area (Å²) in [7, 11) is 1.80. The van der Waals surface area contributed by atoms with Gasteiger partial charge in [-0.15, -0.1) is 5.10 Å². The van der Waals surface area contributed by atoms with Crippen LogP contribution >= 0.6 is 11.8 Å². The first-order chi connectivity index (χ1) is 18.9. The highest BCUT2D eigenvalue weighted by molar-refractivity contribution is 7.99. The number of carboxylic acid groups (broad SMARTS) is 1. The van der Waals surface area contributed by atoms with Crippen LogP contribution in [0.5, 0.6) is 0 Å². The van der Waals surface area contributed by atoms with Gasteiger partial charge in [0.2, 0.25) is 11.1 Å². The normalized spacial score (nSPS) is 19.1. The van der Waals surface area contributed by atoms with Crippen LogP contribution in [0.25, 0.3) is 0 Å². The highest BCUT2D eigenvalue weighted by Crippen LogP contribution is 2.39. The molecule has 4 rings (SSSR count). The number of nitrogens with zero attached hydrogens (tertiary/aromatic N) is 4. The molecule has 3 atom stereocenters. The van der Waals surface area contributed by atoms with Gasteiger partial charge in [0.25, 0.3) is 0 Å². The molecule has 1 saturated heterocycles. The minimum absolute atomic E-state index is 0.0138. The standard InChI is InChI=1S/C27H33N5O6S/c1-32-27(29-30-31-32)39-17-22-14-23(20-10-8-19(16-33)9-11-20)38-26(37-22)21-12-6-18(7-13-21)15-28-24(34)4-2-3-5-25(35)36/h6-13,22-23,26,33H,2-5,14-17H2,1H3,(H,28,34)(H,35,36). The molecule has 2 heterocycles. The van der Waals surface area contributed by atoms with E-state index in [-0.39, 0.29) is 31.1 Å². The van der Waals surface area contributed by atoms with Crippen molar-refractivity contribution in [3.05, 3.63) is 70.8 Å². The number of aliphatic hydroxyl groups is 1. The maximum atomic E-state index is 12.1. The summed E-state index contributed by atoms with van der Waals surface area (Å²) in [5.74, 6) is -0.298. The van der Waals surface area contributed by atoms with Crippen molar-refractivity contribution in [3.8, 4) is 0 Å². The average molecular weight is 556 g/mol. The molecule has 0 saturated carbocycles. The zero-order valence-electron chi connectivity index (χ0n) is 21.7. The number of benzene rings is 2. The van der Waals surface area contributed by atoms with E-state index in [0.717, 1.165) is 22.3 Å². The largest absolute Gasteiger partial charge is 0.481 e. The molecule has 2 aromatic carbocycles. The van der Waals surface area contributed by atoms with Crippen molar-refractivity contribution in [2.75, 3.05) is 5.75 Å². The summed E-state index contributed by atoms with van der Waals surface area (Å²) in [5.41, 5.74) is 3.66. The third-order valence-corrected chi connectivity index (χ3v) is 7.52. The van der Waals surface area contributed by atoms with E-state index in [4.69, 9.17) is 14.6 Å². The van der Waals surface area contributed by atoms with E-state index in [9.17, 15) is 14.7 Å². The van der Waals surface area contributed by atoms with Crippen LogP contribution < -0.4 is 5.32 Å². The minimum atomic E-state index is -0.847. The fourth-order valence-corrected chi connectivity index (χ4v) is 5.04. The molecule has 1 fully saturated rings. The van der Waals surface area contributed by atoms with Crippen molar-refractivity contribution in [1.29, 1.82) is 0 Å². The topological polar surface area (TPSA) is 149 Å². The summed E-state index contributed by atoms with van der Waals surface area (Å²) in [6, 6.07) is 15.5. The number of carboxylic acids is 1. The molecule has 1 aromatic heterocycles. The molecular formula is C27H33N5O6S. The van der Waals surface area contributed by atoms with Gasteiger partial charge in [0.05, 0.1) is 18.8 Å². The molecule has 3 N–H and O–H groups in total. The van der Waals surface area contributed by atoms with Gasteiger partial charge < -0.3 is 25.0 Å². The Hall–Kier alpha value is -3.32. The van der Waals surface area contributed by atoms with Gasteiger partial charge in [0.15, 0.2) is 6.29 Å². The SMILES string of the molecule is Cn1nnnc1SCC1CC(c2ccc(CO)cc2)OC(c2ccc(CNC(=O)CCCCC(=O)O)cc2)O1. The van der Waals surface area contributed by atoms with Crippen LogP contribution in [-0.2, 0) is 39.3 Å². The Kier molecular flexibility index (Phi) is 10.4. The van der Waals surface area contributed by atoms with Crippen molar-refractivity contribution in [3.63, 3.8) is 0 Å². The van der Waals surface area contributed by atoms with E-state index in [1.807, 2.05) is 48.5 Å². The lowest BCUT2D eigenvalue weighted by Gasteiger charge is -2.36. The third kappa shape index (κ3) is 8.59. The van der Waals surface area contributed by atoms with Gasteiger partial charge in [-0.1, -0.05) is 60.3 Å². The summed E-state index contributed by atoms with van der Waals surface area (Å²) in [5, 5.41) is 33.3. The average Bonchev–Trinajstić information content (AvgIpc) is 3.37. The Morgan fingerprint density at radius 2 is 1.72 bits per heavy atom. The number of ether oxygens (including phenoxy) is 2. The summed E-state index contributed by atoms with van der Waals surface area (Å²) in [6.45, 7) is 0.370. The van der Waals surface area contributed by atoms with Gasteiger partial charge in [0, 0.05) is 44.2 Å². The highest BCUT2D eigenvalue weighted by Gasteiger charge is 2.32. The molecule has 208 valence electrons. The number of thioether (sulfide) groups is 1. The first kappa shape index (κ1) is 28.7. The first-order valence-corrected chi connectivity index (χ1v) is 13.8. The van der Waals surface area contributed by atoms with E-state index < -0.39 is 12.3 Å². The zero-order valence-corrected chi connectivity index (χ0v) is 22.5. The van der Waals surface area contributed by atoms with E-state index >= 15 is 0 Å². The number of unbranched alkanes of at least 4 members (excludes halogenated alkanes) is 1. The molecule has 3 unspecified atom stereocenters. The van der Waals surface area contributed by atoms with Crippen molar-refractivity contribution in [2.24, 2.45) is 7.05 Å².